The molecule has 1 aliphatic heterocycles. The fourth-order valence-corrected chi connectivity index (χ4v) is 2.97. The minimum atomic E-state index is 0.270. The highest BCUT2D eigenvalue weighted by atomic mass is 16.7. The Kier molecular flexibility index (Phi) is 5.45. The molecule has 0 saturated heterocycles. The van der Waals surface area contributed by atoms with Gasteiger partial charge in [0, 0.05) is 12.1 Å². The summed E-state index contributed by atoms with van der Waals surface area (Å²) in [6.07, 6.45) is 7.58. The van der Waals surface area contributed by atoms with Crippen molar-refractivity contribution in [2.45, 2.75) is 44.6 Å². The molecule has 6 heteroatoms. The van der Waals surface area contributed by atoms with E-state index in [1.807, 2.05) is 18.2 Å². The fraction of sp³-hybridized carbons (Fsp3) is 0.588. The maximum atomic E-state index is 5.96. The highest BCUT2D eigenvalue weighted by Crippen LogP contribution is 2.34. The van der Waals surface area contributed by atoms with Gasteiger partial charge in [0.2, 0.25) is 6.79 Å². The highest BCUT2D eigenvalue weighted by Gasteiger charge is 2.14. The Morgan fingerprint density at radius 3 is 2.78 bits per heavy atom. The van der Waals surface area contributed by atoms with Crippen molar-refractivity contribution in [3.8, 4) is 17.2 Å². The number of aliphatic imine (C=N–C) groups is 1. The normalized spacial score (nSPS) is 18.5. The zero-order valence-electron chi connectivity index (χ0n) is 13.4. The predicted octanol–water partition coefficient (Wildman–Crippen LogP) is 2.42. The molecule has 0 aromatic heterocycles. The van der Waals surface area contributed by atoms with Crippen LogP contribution in [0.15, 0.2) is 23.2 Å². The van der Waals surface area contributed by atoms with Crippen LogP contribution in [-0.4, -0.2) is 31.9 Å². The average Bonchev–Trinajstić information content (AvgIpc) is 2.87. The summed E-state index contributed by atoms with van der Waals surface area (Å²) in [5, 5.41) is 3.33. The van der Waals surface area contributed by atoms with Gasteiger partial charge in [-0.25, -0.2) is 4.99 Å². The van der Waals surface area contributed by atoms with Crippen LogP contribution >= 0.6 is 0 Å². The molecule has 0 amide bonds. The number of nitrogens with one attached hydrogen (secondary N) is 1. The summed E-state index contributed by atoms with van der Waals surface area (Å²) < 4.78 is 16.3. The number of nitrogens with zero attached hydrogens (tertiary/aromatic N) is 1. The summed E-state index contributed by atoms with van der Waals surface area (Å²) in [7, 11) is 0. The Morgan fingerprint density at radius 2 is 1.96 bits per heavy atom. The number of fused-ring (bicyclic) bond motifs is 1. The average molecular weight is 319 g/mol. The SMILES string of the molecule is NC(=NCCOc1ccc2c(c1)OCO2)NC1CCCCCC1. The Labute approximate surface area is 137 Å². The van der Waals surface area contributed by atoms with Gasteiger partial charge in [-0.1, -0.05) is 25.7 Å². The first-order valence-electron chi connectivity index (χ1n) is 8.40. The summed E-state index contributed by atoms with van der Waals surface area (Å²) in [6.45, 7) is 1.28. The molecule has 0 atom stereocenters. The van der Waals surface area contributed by atoms with Gasteiger partial charge in [-0.05, 0) is 25.0 Å². The van der Waals surface area contributed by atoms with Gasteiger partial charge in [0.25, 0.3) is 0 Å². The second-order valence-electron chi connectivity index (χ2n) is 5.96. The van der Waals surface area contributed by atoms with E-state index in [-0.39, 0.29) is 6.79 Å². The zero-order chi connectivity index (χ0) is 15.9. The van der Waals surface area contributed by atoms with E-state index < -0.39 is 0 Å². The third kappa shape index (κ3) is 4.68. The van der Waals surface area contributed by atoms with Crippen molar-refractivity contribution in [2.24, 2.45) is 10.7 Å². The number of hydrogen-bond acceptors (Lipinski definition) is 4. The molecule has 0 unspecified atom stereocenters. The smallest absolute Gasteiger partial charge is 0.231 e. The van der Waals surface area contributed by atoms with Crippen LogP contribution in [-0.2, 0) is 0 Å². The Hall–Kier alpha value is -2.11. The Bertz CT molecular complexity index is 540. The van der Waals surface area contributed by atoms with E-state index in [4.69, 9.17) is 19.9 Å². The van der Waals surface area contributed by atoms with E-state index >= 15 is 0 Å². The van der Waals surface area contributed by atoms with Gasteiger partial charge in [-0.3, -0.25) is 0 Å². The molecule has 1 aliphatic carbocycles. The molecule has 23 heavy (non-hydrogen) atoms. The van der Waals surface area contributed by atoms with Crippen molar-refractivity contribution < 1.29 is 14.2 Å². The maximum Gasteiger partial charge on any atom is 0.231 e. The molecule has 1 heterocycles. The summed E-state index contributed by atoms with van der Waals surface area (Å²) >= 11 is 0. The van der Waals surface area contributed by atoms with Crippen molar-refractivity contribution in [3.63, 3.8) is 0 Å². The van der Waals surface area contributed by atoms with Gasteiger partial charge in [0.15, 0.2) is 17.5 Å². The van der Waals surface area contributed by atoms with Crippen molar-refractivity contribution in [1.82, 2.24) is 5.32 Å². The van der Waals surface area contributed by atoms with Crippen LogP contribution in [0.4, 0.5) is 0 Å². The van der Waals surface area contributed by atoms with Crippen LogP contribution in [0, 0.1) is 0 Å². The molecule has 0 bridgehead atoms. The minimum absolute atomic E-state index is 0.270. The van der Waals surface area contributed by atoms with Crippen LogP contribution in [0.3, 0.4) is 0 Å². The summed E-state index contributed by atoms with van der Waals surface area (Å²) in [4.78, 5) is 4.34. The van der Waals surface area contributed by atoms with Crippen LogP contribution in [0.1, 0.15) is 38.5 Å². The number of benzene rings is 1. The Balaban J connectivity index is 1.39. The number of nitrogens with two attached hydrogens (primary N) is 1. The number of guanidine groups is 1. The molecule has 6 nitrogen and oxygen atoms in total. The summed E-state index contributed by atoms with van der Waals surface area (Å²) in [5.74, 6) is 2.75. The number of rotatable bonds is 5. The molecule has 1 aromatic carbocycles. The van der Waals surface area contributed by atoms with Gasteiger partial charge in [-0.15, -0.1) is 0 Å². The van der Waals surface area contributed by atoms with Gasteiger partial charge in [-0.2, -0.15) is 0 Å². The van der Waals surface area contributed by atoms with Crippen LogP contribution in [0.5, 0.6) is 17.2 Å². The van der Waals surface area contributed by atoms with Crippen LogP contribution in [0.25, 0.3) is 0 Å². The lowest BCUT2D eigenvalue weighted by molar-refractivity contribution is 0.174. The van der Waals surface area contributed by atoms with Gasteiger partial charge < -0.3 is 25.3 Å². The topological polar surface area (TPSA) is 78.1 Å². The lowest BCUT2D eigenvalue weighted by Crippen LogP contribution is -2.40. The monoisotopic (exact) mass is 319 g/mol. The lowest BCUT2D eigenvalue weighted by Gasteiger charge is -2.16. The largest absolute Gasteiger partial charge is 0.492 e. The van der Waals surface area contributed by atoms with Crippen molar-refractivity contribution in [1.29, 1.82) is 0 Å². The maximum absolute atomic E-state index is 5.96. The second kappa shape index (κ2) is 7.94. The van der Waals surface area contributed by atoms with Gasteiger partial charge in [0.1, 0.15) is 12.4 Å². The Morgan fingerprint density at radius 1 is 1.17 bits per heavy atom. The first-order chi connectivity index (χ1) is 11.3. The molecule has 1 fully saturated rings. The minimum Gasteiger partial charge on any atom is -0.492 e. The van der Waals surface area contributed by atoms with E-state index in [1.54, 1.807) is 0 Å². The van der Waals surface area contributed by atoms with E-state index in [9.17, 15) is 0 Å². The zero-order valence-corrected chi connectivity index (χ0v) is 13.4. The van der Waals surface area contributed by atoms with Crippen molar-refractivity contribution in [2.75, 3.05) is 19.9 Å². The molecule has 3 N–H and O–H groups in total. The van der Waals surface area contributed by atoms with Crippen LogP contribution in [0.2, 0.25) is 0 Å². The molecule has 0 spiro atoms. The molecule has 126 valence electrons. The third-order valence-corrected chi connectivity index (χ3v) is 4.19. The fourth-order valence-electron chi connectivity index (χ4n) is 2.97. The molecule has 1 aromatic rings. The van der Waals surface area contributed by atoms with Gasteiger partial charge >= 0.3 is 0 Å². The van der Waals surface area contributed by atoms with Crippen molar-refractivity contribution >= 4 is 5.96 Å². The molecular formula is C17H25N3O3. The summed E-state index contributed by atoms with van der Waals surface area (Å²) in [5.41, 5.74) is 5.96. The first-order valence-corrected chi connectivity index (χ1v) is 8.40. The highest BCUT2D eigenvalue weighted by molar-refractivity contribution is 5.78. The van der Waals surface area contributed by atoms with E-state index in [1.165, 1.54) is 38.5 Å². The standard InChI is InChI=1S/C17H25N3O3/c18-17(20-13-5-3-1-2-4-6-13)19-9-10-21-14-7-8-15-16(11-14)23-12-22-15/h7-8,11,13H,1-6,9-10,12H2,(H3,18,19,20). The number of hydrogen-bond donors (Lipinski definition) is 2. The second-order valence-corrected chi connectivity index (χ2v) is 5.96. The lowest BCUT2D eigenvalue weighted by atomic mass is 10.1. The predicted molar refractivity (Wildman–Crippen MR) is 89.2 cm³/mol. The first kappa shape index (κ1) is 15.8. The van der Waals surface area contributed by atoms with E-state index in [0.29, 0.717) is 25.2 Å². The summed E-state index contributed by atoms with van der Waals surface area (Å²) in [6, 6.07) is 6.02. The molecule has 3 rings (SSSR count). The van der Waals surface area contributed by atoms with E-state index in [2.05, 4.69) is 10.3 Å². The molecular weight excluding hydrogens is 294 g/mol. The molecule has 1 saturated carbocycles. The molecule has 0 radical (unpaired) electrons. The van der Waals surface area contributed by atoms with Crippen LogP contribution < -0.4 is 25.3 Å². The third-order valence-electron chi connectivity index (χ3n) is 4.19. The molecule has 2 aliphatic rings. The number of ether oxygens (including phenoxy) is 3. The quantitative estimate of drug-likeness (QED) is 0.377. The van der Waals surface area contributed by atoms with Gasteiger partial charge in [0.05, 0.1) is 6.54 Å². The van der Waals surface area contributed by atoms with Crippen molar-refractivity contribution in [3.05, 3.63) is 18.2 Å². The van der Waals surface area contributed by atoms with E-state index in [0.717, 1.165) is 17.2 Å².